The van der Waals surface area contributed by atoms with Crippen molar-refractivity contribution >= 4 is 5.97 Å². The standard InChI is InChI=1S/C11H15NO2/c1-8(2)14-11(13)9-4-3-5-10(12)7-6-9/h3-4,6-8H,5,12H2,1-2H3. The van der Waals surface area contributed by atoms with Crippen molar-refractivity contribution < 1.29 is 9.53 Å². The molecule has 0 saturated carbocycles. The van der Waals surface area contributed by atoms with Crippen LogP contribution in [0.5, 0.6) is 0 Å². The fourth-order valence-electron chi connectivity index (χ4n) is 1.06. The average molecular weight is 193 g/mol. The van der Waals surface area contributed by atoms with E-state index in [1.807, 2.05) is 19.9 Å². The fraction of sp³-hybridized carbons (Fsp3) is 0.364. The van der Waals surface area contributed by atoms with E-state index in [9.17, 15) is 4.79 Å². The number of hydrogen-bond acceptors (Lipinski definition) is 3. The first-order valence-electron chi connectivity index (χ1n) is 4.63. The third-order valence-electron chi connectivity index (χ3n) is 1.71. The second-order valence-corrected chi connectivity index (χ2v) is 3.42. The van der Waals surface area contributed by atoms with Gasteiger partial charge < -0.3 is 10.5 Å². The molecule has 0 amide bonds. The molecule has 14 heavy (non-hydrogen) atoms. The number of rotatable bonds is 2. The molecular formula is C11H15NO2. The summed E-state index contributed by atoms with van der Waals surface area (Å²) >= 11 is 0. The van der Waals surface area contributed by atoms with Crippen LogP contribution in [0.15, 0.2) is 35.6 Å². The molecule has 0 spiro atoms. The van der Waals surface area contributed by atoms with Crippen LogP contribution >= 0.6 is 0 Å². The number of carbonyl (C=O) groups is 1. The van der Waals surface area contributed by atoms with Crippen LogP contribution in [0.25, 0.3) is 0 Å². The van der Waals surface area contributed by atoms with Gasteiger partial charge in [-0.3, -0.25) is 0 Å². The second kappa shape index (κ2) is 4.65. The summed E-state index contributed by atoms with van der Waals surface area (Å²) in [5.74, 6) is -0.304. The summed E-state index contributed by atoms with van der Waals surface area (Å²) in [6.07, 6.45) is 7.59. The van der Waals surface area contributed by atoms with Crippen LogP contribution in [-0.4, -0.2) is 12.1 Å². The molecule has 0 bridgehead atoms. The van der Waals surface area contributed by atoms with Gasteiger partial charge in [0, 0.05) is 12.1 Å². The third kappa shape index (κ3) is 3.09. The zero-order chi connectivity index (χ0) is 10.6. The molecule has 0 aromatic carbocycles. The number of ether oxygens (including phenoxy) is 1. The quantitative estimate of drug-likeness (QED) is 0.679. The Kier molecular flexibility index (Phi) is 3.51. The first kappa shape index (κ1) is 10.6. The van der Waals surface area contributed by atoms with Crippen molar-refractivity contribution in [3.8, 4) is 0 Å². The molecule has 0 heterocycles. The van der Waals surface area contributed by atoms with Gasteiger partial charge in [-0.2, -0.15) is 0 Å². The summed E-state index contributed by atoms with van der Waals surface area (Å²) in [7, 11) is 0. The lowest BCUT2D eigenvalue weighted by molar-refractivity contribution is -0.142. The lowest BCUT2D eigenvalue weighted by Gasteiger charge is -2.07. The number of carbonyl (C=O) groups excluding carboxylic acids is 1. The van der Waals surface area contributed by atoms with Crippen LogP contribution in [0.3, 0.4) is 0 Å². The minimum absolute atomic E-state index is 0.0959. The highest BCUT2D eigenvalue weighted by Gasteiger charge is 2.10. The predicted molar refractivity (Wildman–Crippen MR) is 55.3 cm³/mol. The van der Waals surface area contributed by atoms with Crippen molar-refractivity contribution in [2.45, 2.75) is 26.4 Å². The molecule has 0 aromatic rings. The molecule has 3 nitrogen and oxygen atoms in total. The Hall–Kier alpha value is -1.51. The topological polar surface area (TPSA) is 52.3 Å². The van der Waals surface area contributed by atoms with E-state index in [2.05, 4.69) is 0 Å². The highest BCUT2D eigenvalue weighted by molar-refractivity contribution is 5.92. The SMILES string of the molecule is CC(C)OC(=O)C1=CC=C(N)CC=C1. The summed E-state index contributed by atoms with van der Waals surface area (Å²) in [5.41, 5.74) is 6.90. The molecule has 0 aromatic heterocycles. The lowest BCUT2D eigenvalue weighted by atomic mass is 10.2. The summed E-state index contributed by atoms with van der Waals surface area (Å²) < 4.78 is 5.05. The molecule has 2 N–H and O–H groups in total. The van der Waals surface area contributed by atoms with Crippen molar-refractivity contribution in [3.63, 3.8) is 0 Å². The van der Waals surface area contributed by atoms with Crippen molar-refractivity contribution in [1.29, 1.82) is 0 Å². The first-order chi connectivity index (χ1) is 6.59. The number of esters is 1. The molecule has 1 aliphatic rings. The predicted octanol–water partition coefficient (Wildman–Crippen LogP) is 1.67. The van der Waals surface area contributed by atoms with E-state index < -0.39 is 0 Å². The van der Waals surface area contributed by atoms with Crippen LogP contribution in [0.4, 0.5) is 0 Å². The van der Waals surface area contributed by atoms with Gasteiger partial charge in [-0.15, -0.1) is 0 Å². The normalized spacial score (nSPS) is 15.9. The zero-order valence-corrected chi connectivity index (χ0v) is 8.49. The van der Waals surface area contributed by atoms with Gasteiger partial charge in [0.15, 0.2) is 0 Å². The largest absolute Gasteiger partial charge is 0.459 e. The van der Waals surface area contributed by atoms with Gasteiger partial charge in [0.25, 0.3) is 0 Å². The van der Waals surface area contributed by atoms with Gasteiger partial charge >= 0.3 is 5.97 Å². The van der Waals surface area contributed by atoms with E-state index in [4.69, 9.17) is 10.5 Å². The molecule has 0 fully saturated rings. The minimum atomic E-state index is -0.304. The van der Waals surface area contributed by atoms with E-state index in [1.165, 1.54) is 0 Å². The Labute approximate surface area is 83.9 Å². The zero-order valence-electron chi connectivity index (χ0n) is 8.49. The maximum Gasteiger partial charge on any atom is 0.338 e. The van der Waals surface area contributed by atoms with Crippen molar-refractivity contribution in [2.75, 3.05) is 0 Å². The van der Waals surface area contributed by atoms with Gasteiger partial charge in [-0.25, -0.2) is 4.79 Å². The second-order valence-electron chi connectivity index (χ2n) is 3.42. The molecule has 0 atom stereocenters. The molecule has 76 valence electrons. The summed E-state index contributed by atoms with van der Waals surface area (Å²) in [4.78, 5) is 11.5. The van der Waals surface area contributed by atoms with Crippen molar-refractivity contribution in [1.82, 2.24) is 0 Å². The molecule has 0 saturated heterocycles. The van der Waals surface area contributed by atoms with Gasteiger partial charge in [-0.05, 0) is 26.0 Å². The Bertz CT molecular complexity index is 311. The van der Waals surface area contributed by atoms with Gasteiger partial charge in [0.05, 0.1) is 11.7 Å². The number of allylic oxidation sites excluding steroid dienone is 3. The molecule has 1 aliphatic carbocycles. The van der Waals surface area contributed by atoms with Gasteiger partial charge in [-0.1, -0.05) is 12.2 Å². The van der Waals surface area contributed by atoms with Gasteiger partial charge in [0.1, 0.15) is 0 Å². The van der Waals surface area contributed by atoms with Crippen molar-refractivity contribution in [2.24, 2.45) is 5.73 Å². The average Bonchev–Trinajstić information content (AvgIpc) is 2.28. The maximum absolute atomic E-state index is 11.5. The molecule has 1 rings (SSSR count). The fourth-order valence-corrected chi connectivity index (χ4v) is 1.06. The molecule has 0 unspecified atom stereocenters. The summed E-state index contributed by atoms with van der Waals surface area (Å²) in [5, 5.41) is 0. The first-order valence-corrected chi connectivity index (χ1v) is 4.63. The van der Waals surface area contributed by atoms with Crippen LogP contribution in [0, 0.1) is 0 Å². The summed E-state index contributed by atoms with van der Waals surface area (Å²) in [6.45, 7) is 3.64. The van der Waals surface area contributed by atoms with E-state index in [1.54, 1.807) is 18.2 Å². The van der Waals surface area contributed by atoms with Crippen LogP contribution in [-0.2, 0) is 9.53 Å². The number of nitrogens with two attached hydrogens (primary N) is 1. The summed E-state index contributed by atoms with van der Waals surface area (Å²) in [6, 6.07) is 0. The third-order valence-corrected chi connectivity index (χ3v) is 1.71. The molecule has 3 heteroatoms. The number of hydrogen-bond donors (Lipinski definition) is 1. The van der Waals surface area contributed by atoms with E-state index in [0.29, 0.717) is 12.0 Å². The smallest absolute Gasteiger partial charge is 0.338 e. The van der Waals surface area contributed by atoms with E-state index >= 15 is 0 Å². The molecule has 0 radical (unpaired) electrons. The Balaban J connectivity index is 2.72. The lowest BCUT2D eigenvalue weighted by Crippen LogP contribution is -2.12. The van der Waals surface area contributed by atoms with Crippen LogP contribution < -0.4 is 5.73 Å². The highest BCUT2D eigenvalue weighted by Crippen LogP contribution is 2.10. The Morgan fingerprint density at radius 1 is 1.50 bits per heavy atom. The Morgan fingerprint density at radius 3 is 2.86 bits per heavy atom. The van der Waals surface area contributed by atoms with E-state index in [0.717, 1.165) is 5.70 Å². The van der Waals surface area contributed by atoms with Gasteiger partial charge in [0.2, 0.25) is 0 Å². The van der Waals surface area contributed by atoms with E-state index in [-0.39, 0.29) is 12.1 Å². The maximum atomic E-state index is 11.5. The van der Waals surface area contributed by atoms with Crippen LogP contribution in [0.2, 0.25) is 0 Å². The Morgan fingerprint density at radius 2 is 2.21 bits per heavy atom. The highest BCUT2D eigenvalue weighted by atomic mass is 16.5. The monoisotopic (exact) mass is 193 g/mol. The molecular weight excluding hydrogens is 178 g/mol. The molecule has 0 aliphatic heterocycles. The van der Waals surface area contributed by atoms with Crippen molar-refractivity contribution in [3.05, 3.63) is 35.6 Å². The van der Waals surface area contributed by atoms with Crippen LogP contribution in [0.1, 0.15) is 20.3 Å². The minimum Gasteiger partial charge on any atom is -0.459 e.